The van der Waals surface area contributed by atoms with Crippen LogP contribution in [0.1, 0.15) is 70.2 Å². The van der Waals surface area contributed by atoms with Gasteiger partial charge in [0.1, 0.15) is 11.4 Å². The molecule has 0 amide bonds. The van der Waals surface area contributed by atoms with Crippen LogP contribution in [0.4, 0.5) is 0 Å². The first-order valence-corrected chi connectivity index (χ1v) is 23.7. The normalized spacial score (nSPS) is 11.7. The highest BCUT2D eigenvalue weighted by Crippen LogP contribution is 2.43. The third kappa shape index (κ3) is 8.47. The van der Waals surface area contributed by atoms with Gasteiger partial charge in [-0.2, -0.15) is 0 Å². The van der Waals surface area contributed by atoms with Crippen molar-refractivity contribution in [2.45, 2.75) is 50.5 Å². The van der Waals surface area contributed by atoms with Gasteiger partial charge in [0.15, 0.2) is 10.7 Å². The van der Waals surface area contributed by atoms with E-state index in [0.29, 0.717) is 17.5 Å². The van der Waals surface area contributed by atoms with Gasteiger partial charge in [-0.1, -0.05) is 255 Å². The Morgan fingerprint density at radius 2 is 0.956 bits per heavy atom. The maximum absolute atomic E-state index is 7.32. The van der Waals surface area contributed by atoms with Crippen molar-refractivity contribution in [2.24, 2.45) is 0 Å². The second kappa shape index (κ2) is 20.0. The number of benzene rings is 8. The fourth-order valence-electron chi connectivity index (χ4n) is 9.55. The number of hydrogen-bond donors (Lipinski definition) is 0. The van der Waals surface area contributed by atoms with Crippen LogP contribution in [0.2, 0.25) is 5.15 Å². The van der Waals surface area contributed by atoms with Gasteiger partial charge in [-0.15, -0.1) is 15.0 Å². The number of hydrogen-bond acceptors (Lipinski definition) is 5. The van der Waals surface area contributed by atoms with Gasteiger partial charge in [0.05, 0.1) is 12.3 Å². The lowest BCUT2D eigenvalue weighted by molar-refractivity contribution is -0.00264. The summed E-state index contributed by atoms with van der Waals surface area (Å²) in [5, 5.41) is 15.3. The van der Waals surface area contributed by atoms with E-state index in [1.807, 2.05) is 42.5 Å². The molecule has 8 heteroatoms. The summed E-state index contributed by atoms with van der Waals surface area (Å²) in [5.41, 5.74) is 9.26. The lowest BCUT2D eigenvalue weighted by Gasteiger charge is -2.36. The summed E-state index contributed by atoms with van der Waals surface area (Å²) >= 11 is 7.15. The van der Waals surface area contributed by atoms with E-state index >= 15 is 0 Å². The summed E-state index contributed by atoms with van der Waals surface area (Å²) in [6.45, 7) is 3.01. The van der Waals surface area contributed by atoms with Gasteiger partial charge in [-0.3, -0.25) is 0 Å². The zero-order valence-corrected chi connectivity index (χ0v) is 38.7. The average Bonchev–Trinajstić information content (AvgIpc) is 4.02. The molecule has 0 fully saturated rings. The molecule has 2 aromatic heterocycles. The minimum atomic E-state index is -0.910. The van der Waals surface area contributed by atoms with Crippen molar-refractivity contribution in [3.05, 3.63) is 286 Å². The molecule has 8 aromatic carbocycles. The molecule has 0 saturated carbocycles. The summed E-state index contributed by atoms with van der Waals surface area (Å²) in [6, 6.07) is 79.6. The highest BCUT2D eigenvalue weighted by atomic mass is 35.5. The highest BCUT2D eigenvalue weighted by molar-refractivity contribution is 6.30. The first kappa shape index (κ1) is 44.1. The molecule has 7 nitrogen and oxygen atoms in total. The molecule has 0 aliphatic heterocycles. The largest absolute Gasteiger partial charge is 0.355 e. The monoisotopic (exact) mass is 906 g/mol. The van der Waals surface area contributed by atoms with E-state index in [-0.39, 0.29) is 6.61 Å². The zero-order valence-electron chi connectivity index (χ0n) is 37.9. The molecule has 0 bridgehead atoms. The number of ether oxygens (including phenoxy) is 1. The van der Waals surface area contributed by atoms with Crippen molar-refractivity contribution in [1.29, 1.82) is 0 Å². The Morgan fingerprint density at radius 3 is 1.43 bits per heavy atom. The fourth-order valence-corrected chi connectivity index (χ4v) is 9.81. The van der Waals surface area contributed by atoms with Gasteiger partial charge in [0.25, 0.3) is 0 Å². The molecule has 0 atom stereocenters. The smallest absolute Gasteiger partial charge is 0.205 e. The molecule has 0 saturated heterocycles. The molecule has 10 aromatic rings. The highest BCUT2D eigenvalue weighted by Gasteiger charge is 2.42. The van der Waals surface area contributed by atoms with Crippen LogP contribution in [-0.2, 0) is 35.4 Å². The van der Waals surface area contributed by atoms with E-state index < -0.39 is 11.1 Å². The van der Waals surface area contributed by atoms with Crippen LogP contribution in [0.5, 0.6) is 0 Å². The van der Waals surface area contributed by atoms with E-state index in [2.05, 4.69) is 200 Å². The second-order valence-corrected chi connectivity index (χ2v) is 17.3. The minimum absolute atomic E-state index is 0.232. The number of rotatable bonds is 17. The molecule has 10 rings (SSSR count). The SMILES string of the molecule is CCCCc1nc(Cl)c(COC(c2ccccc2)(c2ccccc2)c2ccccc2)n1Cc1ccc(-c2ccccc2-c2nnn(C(c3ccccc3)(c3ccccc3)c3ccccc3)n2)cc1. The summed E-state index contributed by atoms with van der Waals surface area (Å²) in [6.07, 6.45) is 2.84. The fraction of sp³-hybridized carbons (Fsp3) is 0.133. The number of halogens is 1. The first-order valence-electron chi connectivity index (χ1n) is 23.3. The van der Waals surface area contributed by atoms with E-state index in [0.717, 1.165) is 86.4 Å². The van der Waals surface area contributed by atoms with Crippen LogP contribution in [-0.4, -0.2) is 29.8 Å². The average molecular weight is 908 g/mol. The van der Waals surface area contributed by atoms with Crippen molar-refractivity contribution >= 4 is 11.6 Å². The molecular weight excluding hydrogens is 856 g/mol. The van der Waals surface area contributed by atoms with Crippen molar-refractivity contribution in [1.82, 2.24) is 29.8 Å². The summed E-state index contributed by atoms with van der Waals surface area (Å²) in [7, 11) is 0. The summed E-state index contributed by atoms with van der Waals surface area (Å²) in [5.74, 6) is 1.48. The Bertz CT molecular complexity index is 2990. The number of aryl methyl sites for hydroxylation is 1. The van der Waals surface area contributed by atoms with Crippen LogP contribution in [0.3, 0.4) is 0 Å². The van der Waals surface area contributed by atoms with Crippen LogP contribution < -0.4 is 0 Å². The van der Waals surface area contributed by atoms with Crippen LogP contribution in [0, 0.1) is 0 Å². The summed E-state index contributed by atoms with van der Waals surface area (Å²) < 4.78 is 9.57. The number of aromatic nitrogens is 6. The Hall–Kier alpha value is -7.71. The van der Waals surface area contributed by atoms with Gasteiger partial charge in [-0.25, -0.2) is 4.98 Å². The quantitative estimate of drug-likeness (QED) is 0.0851. The Labute approximate surface area is 403 Å². The predicted molar refractivity (Wildman–Crippen MR) is 272 cm³/mol. The van der Waals surface area contributed by atoms with Crippen molar-refractivity contribution in [3.8, 4) is 22.5 Å². The van der Waals surface area contributed by atoms with Crippen molar-refractivity contribution < 1.29 is 4.74 Å². The predicted octanol–water partition coefficient (Wildman–Crippen LogP) is 13.6. The maximum Gasteiger partial charge on any atom is 0.205 e. The molecule has 0 N–H and O–H groups in total. The van der Waals surface area contributed by atoms with Gasteiger partial charge in [0.2, 0.25) is 5.82 Å². The minimum Gasteiger partial charge on any atom is -0.355 e. The molecule has 0 aliphatic rings. The van der Waals surface area contributed by atoms with E-state index in [1.54, 1.807) is 4.80 Å². The van der Waals surface area contributed by atoms with E-state index in [4.69, 9.17) is 36.7 Å². The van der Waals surface area contributed by atoms with E-state index in [9.17, 15) is 0 Å². The van der Waals surface area contributed by atoms with Crippen LogP contribution in [0.25, 0.3) is 22.5 Å². The molecule has 0 unspecified atom stereocenters. The Morgan fingerprint density at radius 1 is 0.515 bits per heavy atom. The Balaban J connectivity index is 0.992. The molecule has 0 spiro atoms. The lowest BCUT2D eigenvalue weighted by atomic mass is 9.77. The third-order valence-corrected chi connectivity index (χ3v) is 13.2. The van der Waals surface area contributed by atoms with Crippen molar-refractivity contribution in [2.75, 3.05) is 0 Å². The molecule has 0 radical (unpaired) electrons. The number of tetrazole rings is 1. The van der Waals surface area contributed by atoms with Gasteiger partial charge >= 0.3 is 0 Å². The number of nitrogens with zero attached hydrogens (tertiary/aromatic N) is 6. The first-order chi connectivity index (χ1) is 33.6. The van der Waals surface area contributed by atoms with Gasteiger partial charge < -0.3 is 9.30 Å². The van der Waals surface area contributed by atoms with Crippen molar-refractivity contribution in [3.63, 3.8) is 0 Å². The molecule has 0 aliphatic carbocycles. The van der Waals surface area contributed by atoms with Crippen LogP contribution >= 0.6 is 11.6 Å². The Kier molecular flexibility index (Phi) is 13.0. The molecule has 334 valence electrons. The number of imidazole rings is 1. The second-order valence-electron chi connectivity index (χ2n) is 17.0. The lowest BCUT2D eigenvalue weighted by Crippen LogP contribution is -2.39. The zero-order chi connectivity index (χ0) is 46.2. The van der Waals surface area contributed by atoms with Gasteiger partial charge in [-0.05, 0) is 61.7 Å². The standard InChI is InChI=1S/C60H51ClN6O/c1-2-3-38-56-62-57(61)55(44-68-60(50-30-16-7-17-31-50,51-32-18-8-19-33-51)52-34-20-9-21-35-52)66(56)43-45-39-41-46(42-40-45)53-36-22-23-37-54(53)58-63-65-67(64-58)59(47-24-10-4-11-25-47,48-26-12-5-13-27-48)49-28-14-6-15-29-49/h4-37,39-42H,2-3,38,43-44H2,1H3. The molecular formula is C60H51ClN6O. The van der Waals surface area contributed by atoms with E-state index in [1.165, 1.54) is 0 Å². The number of unbranched alkanes of at least 4 members (excludes halogenated alkanes) is 1. The maximum atomic E-state index is 7.32. The topological polar surface area (TPSA) is 70.7 Å². The molecule has 68 heavy (non-hydrogen) atoms. The molecule has 2 heterocycles. The van der Waals surface area contributed by atoms with Gasteiger partial charge in [0, 0.05) is 18.5 Å². The third-order valence-electron chi connectivity index (χ3n) is 12.9. The summed E-state index contributed by atoms with van der Waals surface area (Å²) in [4.78, 5) is 6.75. The van der Waals surface area contributed by atoms with Crippen LogP contribution in [0.15, 0.2) is 231 Å².